The maximum Gasteiger partial charge on any atom is 0.192 e. The van der Waals surface area contributed by atoms with Crippen molar-refractivity contribution in [1.29, 1.82) is 0 Å². The molecule has 6 nitrogen and oxygen atoms in total. The van der Waals surface area contributed by atoms with E-state index in [-0.39, 0.29) is 24.0 Å². The molecule has 0 radical (unpaired) electrons. The van der Waals surface area contributed by atoms with Gasteiger partial charge in [-0.2, -0.15) is 11.8 Å². The number of nitrogens with one attached hydrogen (secondary N) is 2. The van der Waals surface area contributed by atoms with E-state index in [0.29, 0.717) is 18.6 Å². The van der Waals surface area contributed by atoms with Crippen LogP contribution in [-0.4, -0.2) is 43.8 Å². The summed E-state index contributed by atoms with van der Waals surface area (Å²) in [5.41, 5.74) is 0. The van der Waals surface area contributed by atoms with Gasteiger partial charge in [-0.05, 0) is 44.8 Å². The molecule has 2 saturated carbocycles. The van der Waals surface area contributed by atoms with E-state index in [1.165, 1.54) is 57.1 Å². The molecule has 0 amide bonds. The normalized spacial score (nSPS) is 23.9. The van der Waals surface area contributed by atoms with Crippen molar-refractivity contribution in [2.24, 2.45) is 12.0 Å². The first-order valence-corrected chi connectivity index (χ1v) is 11.2. The van der Waals surface area contributed by atoms with Crippen molar-refractivity contribution in [3.63, 3.8) is 0 Å². The zero-order chi connectivity index (χ0) is 18.4. The number of thioether (sulfide) groups is 1. The lowest BCUT2D eigenvalue weighted by Crippen LogP contribution is -2.48. The minimum atomic E-state index is 0. The standard InChI is InChI=1S/C19H34N6S.HI/c1-4-26-17-11-7-10-16(12-17)22-19(21-15-8-5-6-9-15)20-13-18-24-23-14(2)25(18)3;/h15-17H,4-13H2,1-3H3,(H2,20,21,22);1H. The lowest BCUT2D eigenvalue weighted by molar-refractivity contribution is 0.416. The van der Waals surface area contributed by atoms with Gasteiger partial charge < -0.3 is 15.2 Å². The fraction of sp³-hybridized carbons (Fsp3) is 0.842. The summed E-state index contributed by atoms with van der Waals surface area (Å²) in [5.74, 6) is 4.02. The quantitative estimate of drug-likeness (QED) is 0.349. The molecule has 2 aliphatic carbocycles. The highest BCUT2D eigenvalue weighted by Gasteiger charge is 2.24. The van der Waals surface area contributed by atoms with Crippen LogP contribution in [0.2, 0.25) is 0 Å². The van der Waals surface area contributed by atoms with E-state index in [0.717, 1.165) is 22.9 Å². The molecule has 27 heavy (non-hydrogen) atoms. The first-order valence-electron chi connectivity index (χ1n) is 10.2. The Hall–Kier alpha value is -0.510. The summed E-state index contributed by atoms with van der Waals surface area (Å²) in [5, 5.41) is 16.6. The van der Waals surface area contributed by atoms with Crippen molar-refractivity contribution >= 4 is 41.7 Å². The molecule has 2 unspecified atom stereocenters. The summed E-state index contributed by atoms with van der Waals surface area (Å²) in [6, 6.07) is 1.09. The van der Waals surface area contributed by atoms with E-state index in [4.69, 9.17) is 4.99 Å². The van der Waals surface area contributed by atoms with Gasteiger partial charge in [-0.3, -0.25) is 0 Å². The zero-order valence-corrected chi connectivity index (χ0v) is 20.1. The summed E-state index contributed by atoms with van der Waals surface area (Å²) in [6.07, 6.45) is 10.3. The van der Waals surface area contributed by atoms with Crippen molar-refractivity contribution < 1.29 is 0 Å². The summed E-state index contributed by atoms with van der Waals surface area (Å²) in [7, 11) is 2.01. The van der Waals surface area contributed by atoms with Crippen LogP contribution in [0.15, 0.2) is 4.99 Å². The molecule has 2 aliphatic rings. The van der Waals surface area contributed by atoms with E-state index in [2.05, 4.69) is 39.5 Å². The van der Waals surface area contributed by atoms with Crippen molar-refractivity contribution in [1.82, 2.24) is 25.4 Å². The smallest absolute Gasteiger partial charge is 0.192 e. The highest BCUT2D eigenvalue weighted by Crippen LogP contribution is 2.28. The monoisotopic (exact) mass is 506 g/mol. The van der Waals surface area contributed by atoms with Crippen LogP contribution in [-0.2, 0) is 13.6 Å². The van der Waals surface area contributed by atoms with Crippen LogP contribution >= 0.6 is 35.7 Å². The molecule has 2 N–H and O–H groups in total. The van der Waals surface area contributed by atoms with Gasteiger partial charge >= 0.3 is 0 Å². The van der Waals surface area contributed by atoms with Crippen LogP contribution in [0.1, 0.15) is 69.9 Å². The van der Waals surface area contributed by atoms with Crippen molar-refractivity contribution in [3.8, 4) is 0 Å². The number of rotatable bonds is 6. The summed E-state index contributed by atoms with van der Waals surface area (Å²) >= 11 is 2.11. The lowest BCUT2D eigenvalue weighted by Gasteiger charge is -2.31. The van der Waals surface area contributed by atoms with E-state index < -0.39 is 0 Å². The Morgan fingerprint density at radius 3 is 2.48 bits per heavy atom. The lowest BCUT2D eigenvalue weighted by atomic mass is 9.95. The number of hydrogen-bond acceptors (Lipinski definition) is 4. The third kappa shape index (κ3) is 6.80. The van der Waals surface area contributed by atoms with E-state index in [1.54, 1.807) is 0 Å². The Bertz CT molecular complexity index is 597. The second-order valence-corrected chi connectivity index (χ2v) is 9.18. The molecule has 1 aromatic heterocycles. The molecule has 0 aliphatic heterocycles. The van der Waals surface area contributed by atoms with Crippen molar-refractivity contribution in [3.05, 3.63) is 11.6 Å². The fourth-order valence-corrected chi connectivity index (χ4v) is 5.16. The second kappa shape index (κ2) is 11.5. The Labute approximate surface area is 185 Å². The molecule has 0 aromatic carbocycles. The van der Waals surface area contributed by atoms with Crippen molar-refractivity contribution in [2.45, 2.75) is 89.1 Å². The van der Waals surface area contributed by atoms with E-state index in [1.807, 2.05) is 18.5 Å². The van der Waals surface area contributed by atoms with Crippen LogP contribution in [0, 0.1) is 6.92 Å². The molecular formula is C19H35IN6S. The number of halogens is 1. The average Bonchev–Trinajstić information content (AvgIpc) is 3.25. The largest absolute Gasteiger partial charge is 0.354 e. The van der Waals surface area contributed by atoms with Crippen LogP contribution < -0.4 is 10.6 Å². The average molecular weight is 507 g/mol. The Morgan fingerprint density at radius 1 is 1.11 bits per heavy atom. The maximum atomic E-state index is 4.86. The summed E-state index contributed by atoms with van der Waals surface area (Å²) in [4.78, 5) is 4.86. The zero-order valence-electron chi connectivity index (χ0n) is 16.9. The SMILES string of the molecule is CCSC1CCCC(NC(=NCc2nnc(C)n2C)NC2CCCC2)C1.I. The first kappa shape index (κ1) is 22.8. The van der Waals surface area contributed by atoms with Crippen LogP contribution in [0.5, 0.6) is 0 Å². The van der Waals surface area contributed by atoms with Gasteiger partial charge in [0.25, 0.3) is 0 Å². The molecule has 2 atom stereocenters. The fourth-order valence-electron chi connectivity index (χ4n) is 3.99. The van der Waals surface area contributed by atoms with Gasteiger partial charge in [0.15, 0.2) is 11.8 Å². The highest BCUT2D eigenvalue weighted by molar-refractivity contribution is 14.0. The van der Waals surface area contributed by atoms with Gasteiger partial charge in [0.1, 0.15) is 12.4 Å². The van der Waals surface area contributed by atoms with Crippen LogP contribution in [0.25, 0.3) is 0 Å². The Morgan fingerprint density at radius 2 is 1.81 bits per heavy atom. The number of aromatic nitrogens is 3. The van der Waals surface area contributed by atoms with Gasteiger partial charge in [0.2, 0.25) is 0 Å². The van der Waals surface area contributed by atoms with Crippen LogP contribution in [0.3, 0.4) is 0 Å². The van der Waals surface area contributed by atoms with E-state index in [9.17, 15) is 0 Å². The number of aryl methyl sites for hydroxylation is 1. The van der Waals surface area contributed by atoms with Gasteiger partial charge in [-0.1, -0.05) is 26.2 Å². The number of guanidine groups is 1. The van der Waals surface area contributed by atoms with Gasteiger partial charge in [-0.25, -0.2) is 4.99 Å². The summed E-state index contributed by atoms with van der Waals surface area (Å²) in [6.45, 7) is 4.81. The molecule has 154 valence electrons. The molecular weight excluding hydrogens is 471 g/mol. The molecule has 0 saturated heterocycles. The van der Waals surface area contributed by atoms with Gasteiger partial charge in [0, 0.05) is 24.4 Å². The molecule has 3 rings (SSSR count). The summed E-state index contributed by atoms with van der Waals surface area (Å²) < 4.78 is 2.02. The number of hydrogen-bond donors (Lipinski definition) is 2. The van der Waals surface area contributed by atoms with Crippen LogP contribution in [0.4, 0.5) is 0 Å². The number of nitrogens with zero attached hydrogens (tertiary/aromatic N) is 4. The third-order valence-electron chi connectivity index (χ3n) is 5.63. The Kier molecular flexibility index (Phi) is 9.69. The molecule has 1 heterocycles. The van der Waals surface area contributed by atoms with Gasteiger partial charge in [0.05, 0.1) is 0 Å². The highest BCUT2D eigenvalue weighted by atomic mass is 127. The molecule has 8 heteroatoms. The predicted octanol–water partition coefficient (Wildman–Crippen LogP) is 3.78. The Balaban J connectivity index is 0.00000261. The maximum absolute atomic E-state index is 4.86. The minimum absolute atomic E-state index is 0. The first-order chi connectivity index (χ1) is 12.7. The predicted molar refractivity (Wildman–Crippen MR) is 125 cm³/mol. The van der Waals surface area contributed by atoms with E-state index >= 15 is 0 Å². The molecule has 1 aromatic rings. The topological polar surface area (TPSA) is 67.1 Å². The number of aliphatic imine (C=N–C) groups is 1. The molecule has 2 fully saturated rings. The van der Waals surface area contributed by atoms with Crippen molar-refractivity contribution in [2.75, 3.05) is 5.75 Å². The molecule has 0 bridgehead atoms. The molecule has 0 spiro atoms. The second-order valence-electron chi connectivity index (χ2n) is 7.60. The van der Waals surface area contributed by atoms with Gasteiger partial charge in [-0.15, -0.1) is 34.2 Å². The third-order valence-corrected chi connectivity index (χ3v) is 6.86. The minimum Gasteiger partial charge on any atom is -0.354 e.